The molecule has 0 aromatic carbocycles. The van der Waals surface area contributed by atoms with Crippen molar-refractivity contribution < 1.29 is 0 Å². The van der Waals surface area contributed by atoms with Crippen molar-refractivity contribution in [3.05, 3.63) is 0 Å². The van der Waals surface area contributed by atoms with E-state index in [2.05, 4.69) is 23.6 Å². The molecule has 0 amide bonds. The average Bonchev–Trinajstić information content (AvgIpc) is 2.70. The fraction of sp³-hybridized carbons (Fsp3) is 1.00. The van der Waals surface area contributed by atoms with Crippen LogP contribution in [0.1, 0.15) is 46.0 Å². The van der Waals surface area contributed by atoms with Crippen LogP contribution in [0, 0.1) is 5.92 Å². The summed E-state index contributed by atoms with van der Waals surface area (Å²) in [5.41, 5.74) is 6.45. The molecule has 0 aliphatic carbocycles. The lowest BCUT2D eigenvalue weighted by Gasteiger charge is -2.28. The molecule has 0 bridgehead atoms. The van der Waals surface area contributed by atoms with Gasteiger partial charge in [-0.2, -0.15) is 0 Å². The summed E-state index contributed by atoms with van der Waals surface area (Å²) in [6.07, 6.45) is 6.87. The Hall–Kier alpha value is -0.120. The van der Waals surface area contributed by atoms with E-state index < -0.39 is 0 Å². The smallest absolute Gasteiger partial charge is 0.0209 e. The van der Waals surface area contributed by atoms with Gasteiger partial charge in [-0.25, -0.2) is 0 Å². The van der Waals surface area contributed by atoms with Crippen molar-refractivity contribution in [2.75, 3.05) is 32.7 Å². The predicted molar refractivity (Wildman–Crippen MR) is 77.7 cm³/mol. The van der Waals surface area contributed by atoms with Gasteiger partial charge in [0.25, 0.3) is 0 Å². The first-order valence-corrected chi connectivity index (χ1v) is 7.89. The van der Waals surface area contributed by atoms with Gasteiger partial charge in [-0.1, -0.05) is 12.8 Å². The Morgan fingerprint density at radius 3 is 2.28 bits per heavy atom. The van der Waals surface area contributed by atoms with Crippen LogP contribution < -0.4 is 5.73 Å². The van der Waals surface area contributed by atoms with Crippen LogP contribution in [0.15, 0.2) is 0 Å². The van der Waals surface area contributed by atoms with Crippen LogP contribution >= 0.6 is 0 Å². The maximum Gasteiger partial charge on any atom is 0.0209 e. The van der Waals surface area contributed by atoms with Crippen molar-refractivity contribution in [3.8, 4) is 0 Å². The Morgan fingerprint density at radius 1 is 1.06 bits per heavy atom. The molecular formula is C15H31N3. The first kappa shape index (κ1) is 14.3. The standard InChI is InChI=1S/C15H31N3/c1-13(2)18-10-7-14(11-18)15(16)12-17-8-5-3-4-6-9-17/h13-15H,3-12,16H2,1-2H3. The molecule has 0 saturated carbocycles. The lowest BCUT2D eigenvalue weighted by atomic mass is 9.99. The molecule has 2 rings (SSSR count). The summed E-state index contributed by atoms with van der Waals surface area (Å²) in [7, 11) is 0. The monoisotopic (exact) mass is 253 g/mol. The van der Waals surface area contributed by atoms with Gasteiger partial charge in [0.2, 0.25) is 0 Å². The maximum absolute atomic E-state index is 6.45. The molecule has 18 heavy (non-hydrogen) atoms. The van der Waals surface area contributed by atoms with Gasteiger partial charge in [0.05, 0.1) is 0 Å². The third-order valence-corrected chi connectivity index (χ3v) is 4.76. The molecule has 2 saturated heterocycles. The number of likely N-dealkylation sites (tertiary alicyclic amines) is 2. The van der Waals surface area contributed by atoms with Crippen LogP contribution in [-0.2, 0) is 0 Å². The van der Waals surface area contributed by atoms with E-state index >= 15 is 0 Å². The molecule has 2 N–H and O–H groups in total. The van der Waals surface area contributed by atoms with Crippen molar-refractivity contribution in [1.82, 2.24) is 9.80 Å². The van der Waals surface area contributed by atoms with E-state index in [0.29, 0.717) is 12.1 Å². The zero-order chi connectivity index (χ0) is 13.0. The van der Waals surface area contributed by atoms with Gasteiger partial charge in [-0.15, -0.1) is 0 Å². The zero-order valence-corrected chi connectivity index (χ0v) is 12.3. The van der Waals surface area contributed by atoms with Gasteiger partial charge < -0.3 is 15.5 Å². The second kappa shape index (κ2) is 6.88. The van der Waals surface area contributed by atoms with Gasteiger partial charge in [-0.3, -0.25) is 0 Å². The first-order chi connectivity index (χ1) is 8.66. The Labute approximate surface area is 113 Å². The number of rotatable bonds is 4. The normalized spacial score (nSPS) is 29.7. The van der Waals surface area contributed by atoms with Crippen LogP contribution in [0.4, 0.5) is 0 Å². The van der Waals surface area contributed by atoms with E-state index in [4.69, 9.17) is 5.73 Å². The number of hydrogen-bond donors (Lipinski definition) is 1. The third-order valence-electron chi connectivity index (χ3n) is 4.76. The van der Waals surface area contributed by atoms with Gasteiger partial charge in [0.1, 0.15) is 0 Å². The number of hydrogen-bond acceptors (Lipinski definition) is 3. The summed E-state index contributed by atoms with van der Waals surface area (Å²) < 4.78 is 0. The second-order valence-corrected chi connectivity index (χ2v) is 6.52. The molecule has 2 atom stereocenters. The third kappa shape index (κ3) is 3.94. The van der Waals surface area contributed by atoms with Crippen LogP contribution in [0.25, 0.3) is 0 Å². The number of nitrogens with zero attached hydrogens (tertiary/aromatic N) is 2. The van der Waals surface area contributed by atoms with E-state index in [9.17, 15) is 0 Å². The van der Waals surface area contributed by atoms with Crippen molar-refractivity contribution in [2.45, 2.75) is 58.0 Å². The summed E-state index contributed by atoms with van der Waals surface area (Å²) in [5.74, 6) is 0.718. The van der Waals surface area contributed by atoms with Crippen molar-refractivity contribution in [3.63, 3.8) is 0 Å². The van der Waals surface area contributed by atoms with Gasteiger partial charge >= 0.3 is 0 Å². The fourth-order valence-corrected chi connectivity index (χ4v) is 3.40. The molecule has 0 aromatic heterocycles. The summed E-state index contributed by atoms with van der Waals surface area (Å²) in [5, 5.41) is 0. The molecule has 2 fully saturated rings. The molecule has 3 heteroatoms. The highest BCUT2D eigenvalue weighted by molar-refractivity contribution is 4.86. The lowest BCUT2D eigenvalue weighted by molar-refractivity contribution is 0.221. The van der Waals surface area contributed by atoms with E-state index in [1.165, 1.54) is 58.3 Å². The highest BCUT2D eigenvalue weighted by Crippen LogP contribution is 2.22. The van der Waals surface area contributed by atoms with E-state index in [1.54, 1.807) is 0 Å². The van der Waals surface area contributed by atoms with Gasteiger partial charge in [0.15, 0.2) is 0 Å². The Balaban J connectivity index is 1.75. The number of nitrogens with two attached hydrogens (primary N) is 1. The Bertz CT molecular complexity index is 234. The quantitative estimate of drug-likeness (QED) is 0.831. The van der Waals surface area contributed by atoms with Crippen LogP contribution in [0.3, 0.4) is 0 Å². The molecule has 0 spiro atoms. The minimum absolute atomic E-state index is 0.381. The van der Waals surface area contributed by atoms with Crippen molar-refractivity contribution >= 4 is 0 Å². The average molecular weight is 253 g/mol. The summed E-state index contributed by atoms with van der Waals surface area (Å²) in [4.78, 5) is 5.18. The van der Waals surface area contributed by atoms with E-state index in [0.717, 1.165) is 12.5 Å². The maximum atomic E-state index is 6.45. The minimum atomic E-state index is 0.381. The Kier molecular flexibility index (Phi) is 5.46. The van der Waals surface area contributed by atoms with Gasteiger partial charge in [-0.05, 0) is 58.7 Å². The van der Waals surface area contributed by atoms with Crippen molar-refractivity contribution in [1.29, 1.82) is 0 Å². The van der Waals surface area contributed by atoms with Crippen molar-refractivity contribution in [2.24, 2.45) is 11.7 Å². The highest BCUT2D eigenvalue weighted by Gasteiger charge is 2.29. The summed E-state index contributed by atoms with van der Waals surface area (Å²) in [6.45, 7) is 10.7. The second-order valence-electron chi connectivity index (χ2n) is 6.52. The molecule has 106 valence electrons. The molecule has 2 heterocycles. The molecule has 3 nitrogen and oxygen atoms in total. The highest BCUT2D eigenvalue weighted by atomic mass is 15.2. The fourth-order valence-electron chi connectivity index (χ4n) is 3.40. The molecule has 0 aromatic rings. The molecule has 2 aliphatic heterocycles. The van der Waals surface area contributed by atoms with Crippen LogP contribution in [0.5, 0.6) is 0 Å². The predicted octanol–water partition coefficient (Wildman–Crippen LogP) is 1.92. The zero-order valence-electron chi connectivity index (χ0n) is 12.3. The first-order valence-electron chi connectivity index (χ1n) is 7.89. The molecular weight excluding hydrogens is 222 g/mol. The van der Waals surface area contributed by atoms with E-state index in [-0.39, 0.29) is 0 Å². The summed E-state index contributed by atoms with van der Waals surface area (Å²) in [6, 6.07) is 1.06. The Morgan fingerprint density at radius 2 is 1.72 bits per heavy atom. The molecule has 2 unspecified atom stereocenters. The van der Waals surface area contributed by atoms with Crippen LogP contribution in [0.2, 0.25) is 0 Å². The topological polar surface area (TPSA) is 32.5 Å². The molecule has 2 aliphatic rings. The van der Waals surface area contributed by atoms with E-state index in [1.807, 2.05) is 0 Å². The minimum Gasteiger partial charge on any atom is -0.326 e. The SMILES string of the molecule is CC(C)N1CCC(C(N)CN2CCCCCC2)C1. The largest absolute Gasteiger partial charge is 0.326 e. The van der Waals surface area contributed by atoms with Gasteiger partial charge in [0, 0.05) is 25.2 Å². The lowest BCUT2D eigenvalue weighted by Crippen LogP contribution is -2.44. The molecule has 0 radical (unpaired) electrons. The summed E-state index contributed by atoms with van der Waals surface area (Å²) >= 11 is 0. The van der Waals surface area contributed by atoms with Crippen LogP contribution in [-0.4, -0.2) is 54.6 Å².